The average molecular weight is 705 g/mol. The van der Waals surface area contributed by atoms with Crippen molar-refractivity contribution in [3.05, 3.63) is 66.1 Å². The normalized spacial score (nSPS) is 21.8. The van der Waals surface area contributed by atoms with Gasteiger partial charge in [-0.3, -0.25) is 4.72 Å². The molecule has 4 aromatic rings. The van der Waals surface area contributed by atoms with Crippen molar-refractivity contribution in [3.63, 3.8) is 0 Å². The van der Waals surface area contributed by atoms with Gasteiger partial charge < -0.3 is 10.2 Å². The first-order valence-corrected chi connectivity index (χ1v) is 19.2. The van der Waals surface area contributed by atoms with Crippen LogP contribution in [0.4, 0.5) is 29.9 Å². The summed E-state index contributed by atoms with van der Waals surface area (Å²) < 4.78 is 96.4. The summed E-state index contributed by atoms with van der Waals surface area (Å²) in [4.78, 5) is 15.4. The number of nitrogens with zero attached hydrogens (tertiary/aromatic N) is 4. The highest BCUT2D eigenvalue weighted by Gasteiger charge is 2.56. The molecule has 2 aromatic heterocycles. The van der Waals surface area contributed by atoms with Crippen LogP contribution in [0.3, 0.4) is 0 Å². The van der Waals surface area contributed by atoms with Crippen LogP contribution in [0.25, 0.3) is 21.8 Å². The lowest BCUT2D eigenvalue weighted by molar-refractivity contribution is 0.153. The molecule has 4 heterocycles. The zero-order valence-electron chi connectivity index (χ0n) is 25.4. The van der Waals surface area contributed by atoms with E-state index in [0.29, 0.717) is 34.5 Å². The summed E-state index contributed by atoms with van der Waals surface area (Å²) in [6.07, 6.45) is 4.88. The molecular weight excluding hydrogens is 674 g/mol. The summed E-state index contributed by atoms with van der Waals surface area (Å²) in [6, 6.07) is 8.75. The molecule has 3 fully saturated rings. The molecule has 47 heavy (non-hydrogen) atoms. The summed E-state index contributed by atoms with van der Waals surface area (Å²) >= 11 is 1.33. The van der Waals surface area contributed by atoms with Gasteiger partial charge in [0.2, 0.25) is 5.95 Å². The summed E-state index contributed by atoms with van der Waals surface area (Å²) in [5.41, 5.74) is -0.0235. The molecule has 0 radical (unpaired) electrons. The second-order valence-corrected chi connectivity index (χ2v) is 17.4. The summed E-state index contributed by atoms with van der Waals surface area (Å²) in [7, 11) is -7.77. The molecule has 1 aliphatic carbocycles. The monoisotopic (exact) mass is 704 g/mol. The van der Waals surface area contributed by atoms with E-state index in [1.165, 1.54) is 23.5 Å². The van der Waals surface area contributed by atoms with E-state index in [4.69, 9.17) is 9.97 Å². The van der Waals surface area contributed by atoms with Gasteiger partial charge in [0.05, 0.1) is 33.5 Å². The van der Waals surface area contributed by atoms with E-state index in [9.17, 15) is 25.6 Å². The van der Waals surface area contributed by atoms with Gasteiger partial charge in [-0.15, -0.1) is 0 Å². The number of sulfone groups is 1. The molecule has 7 rings (SSSR count). The maximum atomic E-state index is 16.3. The fourth-order valence-corrected chi connectivity index (χ4v) is 11.7. The number of sulfonamides is 1. The molecule has 2 aromatic carbocycles. The molecule has 1 spiro atoms. The molecule has 2 aliphatic heterocycles. The molecule has 16 heteroatoms. The highest BCUT2D eigenvalue weighted by Crippen LogP contribution is 2.51. The van der Waals surface area contributed by atoms with E-state index in [0.717, 1.165) is 37.1 Å². The van der Waals surface area contributed by atoms with Gasteiger partial charge in [0.15, 0.2) is 25.7 Å². The number of aromatic nitrogens is 3. The molecule has 2 unspecified atom stereocenters. The Morgan fingerprint density at radius 3 is 2.28 bits per heavy atom. The Morgan fingerprint density at radius 2 is 1.62 bits per heavy atom. The standard InChI is InChI=1S/C31H31F3N6O4S3/c1-17-9-10-18(2)40(17)30-38-26(20-5-3-8-23(25(20)34)39-47(43,44)28-21(32)6-4-7-22(28)33)27(45-30)24-11-12-35-29(37-24)36-19-13-31(14-19)15-46(41,42)16-31/h3-8,11-12,17-19,39H,9-10,13-16H2,1-2H3,(H,35,36,37). The number of rotatable bonds is 8. The maximum absolute atomic E-state index is 16.3. The third-order valence-electron chi connectivity index (χ3n) is 9.11. The van der Waals surface area contributed by atoms with Crippen molar-refractivity contribution >= 4 is 48.0 Å². The van der Waals surface area contributed by atoms with E-state index < -0.39 is 47.9 Å². The average Bonchev–Trinajstić information content (AvgIpc) is 3.54. The first-order valence-electron chi connectivity index (χ1n) is 15.1. The van der Waals surface area contributed by atoms with Crippen LogP contribution in [0.15, 0.2) is 53.6 Å². The third-order valence-corrected chi connectivity index (χ3v) is 13.7. The first-order chi connectivity index (χ1) is 22.2. The number of hydrogen-bond acceptors (Lipinski definition) is 10. The number of nitrogens with one attached hydrogen (secondary N) is 2. The molecule has 2 N–H and O–H groups in total. The van der Waals surface area contributed by atoms with E-state index in [-0.39, 0.29) is 46.3 Å². The number of benzene rings is 2. The van der Waals surface area contributed by atoms with Crippen LogP contribution in [-0.4, -0.2) is 61.4 Å². The lowest BCUT2D eigenvalue weighted by Gasteiger charge is -2.53. The Bertz CT molecular complexity index is 2060. The van der Waals surface area contributed by atoms with Crippen LogP contribution in [0.1, 0.15) is 39.5 Å². The first kappa shape index (κ1) is 31.8. The molecule has 1 saturated carbocycles. The van der Waals surface area contributed by atoms with Crippen molar-refractivity contribution in [1.82, 2.24) is 15.0 Å². The second-order valence-electron chi connectivity index (χ2n) is 12.7. The van der Waals surface area contributed by atoms with Crippen molar-refractivity contribution in [3.8, 4) is 21.8 Å². The maximum Gasteiger partial charge on any atom is 0.267 e. The van der Waals surface area contributed by atoms with Crippen LogP contribution < -0.4 is 14.9 Å². The van der Waals surface area contributed by atoms with Gasteiger partial charge in [-0.25, -0.2) is 45.0 Å². The Kier molecular flexibility index (Phi) is 7.75. The Balaban J connectivity index is 1.24. The topological polar surface area (TPSA) is 134 Å². The minimum Gasteiger partial charge on any atom is -0.351 e. The van der Waals surface area contributed by atoms with Crippen molar-refractivity contribution in [2.24, 2.45) is 5.41 Å². The Hall–Kier alpha value is -3.76. The van der Waals surface area contributed by atoms with Crippen LogP contribution in [0, 0.1) is 22.9 Å². The minimum absolute atomic E-state index is 0.0185. The fourth-order valence-electron chi connectivity index (χ4n) is 7.03. The molecule has 3 aliphatic rings. The van der Waals surface area contributed by atoms with Crippen molar-refractivity contribution in [1.29, 1.82) is 0 Å². The Morgan fingerprint density at radius 1 is 0.957 bits per heavy atom. The van der Waals surface area contributed by atoms with E-state index in [1.54, 1.807) is 12.3 Å². The lowest BCUT2D eigenvalue weighted by Crippen LogP contribution is -2.60. The third kappa shape index (κ3) is 5.84. The van der Waals surface area contributed by atoms with Gasteiger partial charge in [-0.05, 0) is 69.9 Å². The molecular formula is C31H31F3N6O4S3. The van der Waals surface area contributed by atoms with E-state index in [2.05, 4.69) is 29.0 Å². The summed E-state index contributed by atoms with van der Waals surface area (Å²) in [5, 5.41) is 3.94. The highest BCUT2D eigenvalue weighted by atomic mass is 32.2. The largest absolute Gasteiger partial charge is 0.351 e. The number of hydrogen-bond donors (Lipinski definition) is 2. The predicted molar refractivity (Wildman–Crippen MR) is 174 cm³/mol. The summed E-state index contributed by atoms with van der Waals surface area (Å²) in [6.45, 7) is 4.18. The molecule has 10 nitrogen and oxygen atoms in total. The van der Waals surface area contributed by atoms with Gasteiger partial charge in [-0.1, -0.05) is 23.5 Å². The van der Waals surface area contributed by atoms with Crippen LogP contribution >= 0.6 is 11.3 Å². The van der Waals surface area contributed by atoms with Crippen LogP contribution in [-0.2, 0) is 19.9 Å². The fraction of sp³-hybridized carbons (Fsp3) is 0.387. The highest BCUT2D eigenvalue weighted by molar-refractivity contribution is 7.93. The molecule has 248 valence electrons. The van der Waals surface area contributed by atoms with Gasteiger partial charge in [0.25, 0.3) is 10.0 Å². The van der Waals surface area contributed by atoms with Crippen molar-refractivity contribution < 1.29 is 30.0 Å². The van der Waals surface area contributed by atoms with Gasteiger partial charge in [-0.2, -0.15) is 0 Å². The smallest absolute Gasteiger partial charge is 0.267 e. The predicted octanol–water partition coefficient (Wildman–Crippen LogP) is 5.85. The molecule has 0 amide bonds. The summed E-state index contributed by atoms with van der Waals surface area (Å²) in [5.74, 6) is -2.85. The van der Waals surface area contributed by atoms with E-state index >= 15 is 4.39 Å². The van der Waals surface area contributed by atoms with Gasteiger partial charge in [0, 0.05) is 35.3 Å². The zero-order chi connectivity index (χ0) is 33.3. The molecule has 2 atom stereocenters. The van der Waals surface area contributed by atoms with Gasteiger partial charge in [0.1, 0.15) is 11.6 Å². The Labute approximate surface area is 274 Å². The van der Waals surface area contributed by atoms with Crippen LogP contribution in [0.2, 0.25) is 0 Å². The van der Waals surface area contributed by atoms with Crippen LogP contribution in [0.5, 0.6) is 0 Å². The zero-order valence-corrected chi connectivity index (χ0v) is 27.8. The number of anilines is 3. The van der Waals surface area contributed by atoms with E-state index in [1.807, 2.05) is 4.72 Å². The molecule has 0 bridgehead atoms. The quantitative estimate of drug-likeness (QED) is 0.232. The number of thiazole rings is 1. The number of halogens is 3. The van der Waals surface area contributed by atoms with Crippen molar-refractivity contribution in [2.45, 2.75) is 62.6 Å². The molecule has 2 saturated heterocycles. The van der Waals surface area contributed by atoms with Gasteiger partial charge >= 0.3 is 0 Å². The SMILES string of the molecule is CC1CCC(C)N1c1nc(-c2cccc(NS(=O)(=O)c3c(F)cccc3F)c2F)c(-c2ccnc(NC3CC4(C3)CS(=O)(=O)C4)n2)s1. The van der Waals surface area contributed by atoms with Crippen molar-refractivity contribution in [2.75, 3.05) is 26.4 Å². The lowest BCUT2D eigenvalue weighted by atomic mass is 9.67. The minimum atomic E-state index is -4.84. The second kappa shape index (κ2) is 11.4.